The molecule has 0 amide bonds. The van der Waals surface area contributed by atoms with Crippen molar-refractivity contribution in [1.82, 2.24) is 10.1 Å². The molecule has 0 bridgehead atoms. The van der Waals surface area contributed by atoms with E-state index < -0.39 is 15.8 Å². The monoisotopic (exact) mass is 500 g/mol. The first-order chi connectivity index (χ1) is 16.9. The molecule has 35 heavy (non-hydrogen) atoms. The summed E-state index contributed by atoms with van der Waals surface area (Å²) >= 11 is 0. The van der Waals surface area contributed by atoms with Gasteiger partial charge in [0, 0.05) is 24.8 Å². The van der Waals surface area contributed by atoms with Crippen molar-refractivity contribution in [3.63, 3.8) is 0 Å². The Labute approximate surface area is 206 Å². The first-order valence-electron chi connectivity index (χ1n) is 11.8. The number of esters is 1. The van der Waals surface area contributed by atoms with E-state index in [0.717, 1.165) is 45.1 Å². The predicted octanol–water partition coefficient (Wildman–Crippen LogP) is 5.34. The number of benzene rings is 2. The third kappa shape index (κ3) is 7.73. The van der Waals surface area contributed by atoms with Gasteiger partial charge in [-0.05, 0) is 49.2 Å². The molecule has 3 aromatic rings. The summed E-state index contributed by atoms with van der Waals surface area (Å²) in [5, 5.41) is 3.99. The second-order valence-corrected chi connectivity index (χ2v) is 10.4. The Morgan fingerprint density at radius 1 is 0.829 bits per heavy atom. The summed E-state index contributed by atoms with van der Waals surface area (Å²) in [7, 11) is -0.297. The second kappa shape index (κ2) is 13.2. The van der Waals surface area contributed by atoms with Gasteiger partial charge in [0.2, 0.25) is 5.82 Å². The van der Waals surface area contributed by atoms with E-state index in [-0.39, 0.29) is 11.6 Å². The van der Waals surface area contributed by atoms with Gasteiger partial charge in [-0.15, -0.1) is 0 Å². The van der Waals surface area contributed by atoms with Gasteiger partial charge in [-0.1, -0.05) is 49.4 Å². The Hall–Kier alpha value is -3.04. The van der Waals surface area contributed by atoms with E-state index in [2.05, 4.69) is 10.1 Å². The van der Waals surface area contributed by atoms with Crippen molar-refractivity contribution in [3.8, 4) is 22.8 Å². The molecule has 2 aromatic carbocycles. The Morgan fingerprint density at radius 3 is 2.06 bits per heavy atom. The Balaban J connectivity index is 1.52. The van der Waals surface area contributed by atoms with Crippen LogP contribution in [0, 0.1) is 0 Å². The first kappa shape index (κ1) is 26.6. The van der Waals surface area contributed by atoms with Crippen LogP contribution in [-0.4, -0.2) is 51.1 Å². The summed E-state index contributed by atoms with van der Waals surface area (Å²) in [5.41, 5.74) is 1.74. The van der Waals surface area contributed by atoms with E-state index in [1.54, 1.807) is 55.6 Å². The average Bonchev–Trinajstić information content (AvgIpc) is 3.38. The number of rotatable bonds is 14. The highest BCUT2D eigenvalue weighted by atomic mass is 32.2. The SMILES string of the molecule is COCCCCCCCCCS(=O)(=O)c1ccc(-c2nc(-c3ccc(C(=O)OC)cc3)no2)cc1. The largest absolute Gasteiger partial charge is 0.465 e. The predicted molar refractivity (Wildman–Crippen MR) is 133 cm³/mol. The summed E-state index contributed by atoms with van der Waals surface area (Å²) < 4.78 is 40.4. The molecule has 0 saturated carbocycles. The standard InChI is InChI=1S/C26H32N2O6S/c1-32-18-8-6-4-3-5-7-9-19-35(30,31)23-16-14-21(15-17-23)25-27-24(28-34-25)20-10-12-22(13-11-20)26(29)33-2/h10-17H,3-9,18-19H2,1-2H3. The molecule has 1 heterocycles. The second-order valence-electron chi connectivity index (χ2n) is 8.30. The van der Waals surface area contributed by atoms with Crippen molar-refractivity contribution < 1.29 is 27.2 Å². The molecular formula is C26H32N2O6S. The summed E-state index contributed by atoms with van der Waals surface area (Å²) in [6.45, 7) is 0.803. The minimum absolute atomic E-state index is 0.141. The van der Waals surface area contributed by atoms with Crippen molar-refractivity contribution in [2.75, 3.05) is 26.6 Å². The molecule has 0 radical (unpaired) electrons. The lowest BCUT2D eigenvalue weighted by molar-refractivity contribution is 0.0600. The Kier molecular flexibility index (Phi) is 9.98. The number of hydrogen-bond acceptors (Lipinski definition) is 8. The van der Waals surface area contributed by atoms with Crippen LogP contribution in [0.1, 0.15) is 55.3 Å². The van der Waals surface area contributed by atoms with E-state index in [1.807, 2.05) is 0 Å². The topological polar surface area (TPSA) is 109 Å². The zero-order valence-corrected chi connectivity index (χ0v) is 21.1. The van der Waals surface area contributed by atoms with E-state index in [1.165, 1.54) is 7.11 Å². The van der Waals surface area contributed by atoms with Crippen LogP contribution in [0.3, 0.4) is 0 Å². The lowest BCUT2D eigenvalue weighted by Crippen LogP contribution is -2.06. The summed E-state index contributed by atoms with van der Waals surface area (Å²) in [4.78, 5) is 16.2. The fourth-order valence-electron chi connectivity index (χ4n) is 3.68. The number of carbonyl (C=O) groups excluding carboxylic acids is 1. The number of carbonyl (C=O) groups is 1. The van der Waals surface area contributed by atoms with Crippen LogP contribution in [0.5, 0.6) is 0 Å². The molecule has 0 aliphatic carbocycles. The lowest BCUT2D eigenvalue weighted by atomic mass is 10.1. The van der Waals surface area contributed by atoms with Crippen molar-refractivity contribution in [2.45, 2.75) is 49.8 Å². The Bertz CT molecular complexity index is 1170. The van der Waals surface area contributed by atoms with Gasteiger partial charge >= 0.3 is 5.97 Å². The fraction of sp³-hybridized carbons (Fsp3) is 0.423. The maximum absolute atomic E-state index is 12.7. The molecule has 0 fully saturated rings. The number of unbranched alkanes of at least 4 members (excludes halogenated alkanes) is 6. The van der Waals surface area contributed by atoms with Gasteiger partial charge in [0.25, 0.3) is 5.89 Å². The van der Waals surface area contributed by atoms with E-state index in [0.29, 0.717) is 33.8 Å². The van der Waals surface area contributed by atoms with Crippen LogP contribution in [-0.2, 0) is 19.3 Å². The minimum Gasteiger partial charge on any atom is -0.465 e. The van der Waals surface area contributed by atoms with Crippen LogP contribution in [0.25, 0.3) is 22.8 Å². The molecule has 8 nitrogen and oxygen atoms in total. The van der Waals surface area contributed by atoms with Crippen LogP contribution in [0.4, 0.5) is 0 Å². The molecule has 9 heteroatoms. The number of methoxy groups -OCH3 is 2. The van der Waals surface area contributed by atoms with Crippen LogP contribution >= 0.6 is 0 Å². The maximum Gasteiger partial charge on any atom is 0.337 e. The number of hydrogen-bond donors (Lipinski definition) is 0. The van der Waals surface area contributed by atoms with Crippen molar-refractivity contribution in [3.05, 3.63) is 54.1 Å². The lowest BCUT2D eigenvalue weighted by Gasteiger charge is -2.05. The van der Waals surface area contributed by atoms with Crippen molar-refractivity contribution in [2.24, 2.45) is 0 Å². The molecule has 0 unspecified atom stereocenters. The fourth-order valence-corrected chi connectivity index (χ4v) is 5.05. The molecule has 0 spiro atoms. The van der Waals surface area contributed by atoms with Gasteiger partial charge in [-0.2, -0.15) is 4.98 Å². The first-order valence-corrected chi connectivity index (χ1v) is 13.4. The quantitative estimate of drug-likeness (QED) is 0.215. The molecular weight excluding hydrogens is 468 g/mol. The third-order valence-electron chi connectivity index (χ3n) is 5.71. The molecule has 0 aliphatic rings. The molecule has 0 aliphatic heterocycles. The van der Waals surface area contributed by atoms with Gasteiger partial charge in [0.1, 0.15) is 0 Å². The highest BCUT2D eigenvalue weighted by Crippen LogP contribution is 2.24. The van der Waals surface area contributed by atoms with Crippen LogP contribution in [0.15, 0.2) is 57.9 Å². The number of nitrogens with zero attached hydrogens (tertiary/aromatic N) is 2. The van der Waals surface area contributed by atoms with E-state index in [9.17, 15) is 13.2 Å². The number of sulfone groups is 1. The van der Waals surface area contributed by atoms with Crippen molar-refractivity contribution in [1.29, 1.82) is 0 Å². The molecule has 0 saturated heterocycles. The van der Waals surface area contributed by atoms with Crippen LogP contribution in [0.2, 0.25) is 0 Å². The van der Waals surface area contributed by atoms with Gasteiger partial charge in [-0.25, -0.2) is 13.2 Å². The average molecular weight is 501 g/mol. The van der Waals surface area contributed by atoms with Crippen LogP contribution < -0.4 is 0 Å². The van der Waals surface area contributed by atoms with Gasteiger partial charge in [-0.3, -0.25) is 0 Å². The smallest absolute Gasteiger partial charge is 0.337 e. The number of aromatic nitrogens is 2. The van der Waals surface area contributed by atoms with Gasteiger partial charge in [0.15, 0.2) is 9.84 Å². The van der Waals surface area contributed by atoms with E-state index in [4.69, 9.17) is 14.0 Å². The van der Waals surface area contributed by atoms with Gasteiger partial charge < -0.3 is 14.0 Å². The van der Waals surface area contributed by atoms with Gasteiger partial charge in [0.05, 0.1) is 23.3 Å². The normalized spacial score (nSPS) is 11.5. The number of ether oxygens (including phenoxy) is 2. The molecule has 0 atom stereocenters. The molecule has 3 rings (SSSR count). The Morgan fingerprint density at radius 2 is 1.43 bits per heavy atom. The highest BCUT2D eigenvalue weighted by Gasteiger charge is 2.16. The summed E-state index contributed by atoms with van der Waals surface area (Å²) in [6, 6.07) is 13.2. The molecule has 1 aromatic heterocycles. The summed E-state index contributed by atoms with van der Waals surface area (Å²) in [6.07, 6.45) is 7.13. The minimum atomic E-state index is -3.34. The zero-order valence-electron chi connectivity index (χ0n) is 20.2. The van der Waals surface area contributed by atoms with Crippen molar-refractivity contribution >= 4 is 15.8 Å². The maximum atomic E-state index is 12.7. The van der Waals surface area contributed by atoms with E-state index >= 15 is 0 Å². The third-order valence-corrected chi connectivity index (χ3v) is 7.53. The summed E-state index contributed by atoms with van der Waals surface area (Å²) in [5.74, 6) is 0.370. The highest BCUT2D eigenvalue weighted by molar-refractivity contribution is 7.91. The zero-order chi connectivity index (χ0) is 25.1. The molecule has 188 valence electrons. The molecule has 0 N–H and O–H groups in total.